The Morgan fingerprint density at radius 1 is 1.26 bits per heavy atom. The van der Waals surface area contributed by atoms with Gasteiger partial charge in [0.1, 0.15) is 0 Å². The van der Waals surface area contributed by atoms with Crippen molar-refractivity contribution in [2.45, 2.75) is 19.3 Å². The molecule has 2 heterocycles. The van der Waals surface area contributed by atoms with Crippen LogP contribution in [0.25, 0.3) is 0 Å². The summed E-state index contributed by atoms with van der Waals surface area (Å²) in [5.41, 5.74) is 0. The highest BCUT2D eigenvalue weighted by atomic mass is 127. The molecule has 1 unspecified atom stereocenters. The summed E-state index contributed by atoms with van der Waals surface area (Å²) in [5.74, 6) is 1.69. The van der Waals surface area contributed by atoms with Gasteiger partial charge in [0.25, 0.3) is 0 Å². The summed E-state index contributed by atoms with van der Waals surface area (Å²) in [6.45, 7) is 9.14. The van der Waals surface area contributed by atoms with Gasteiger partial charge in [0, 0.05) is 52.8 Å². The molecule has 0 aromatic rings. The fourth-order valence-corrected chi connectivity index (χ4v) is 3.21. The summed E-state index contributed by atoms with van der Waals surface area (Å²) in [6.07, 6.45) is 3.62. The molecule has 2 rings (SSSR count). The van der Waals surface area contributed by atoms with Crippen LogP contribution in [0.1, 0.15) is 19.3 Å². The number of hydrogen-bond acceptors (Lipinski definition) is 4. The first-order valence-corrected chi connectivity index (χ1v) is 8.58. The van der Waals surface area contributed by atoms with Gasteiger partial charge in [-0.1, -0.05) is 0 Å². The highest BCUT2D eigenvalue weighted by Crippen LogP contribution is 2.16. The van der Waals surface area contributed by atoms with E-state index in [0.717, 1.165) is 58.5 Å². The Bertz CT molecular complexity index is 338. The number of ether oxygens (including phenoxy) is 2. The van der Waals surface area contributed by atoms with Crippen LogP contribution in [0.2, 0.25) is 0 Å². The molecule has 0 amide bonds. The van der Waals surface area contributed by atoms with Crippen molar-refractivity contribution in [1.82, 2.24) is 15.1 Å². The zero-order valence-corrected chi connectivity index (χ0v) is 17.0. The van der Waals surface area contributed by atoms with Crippen molar-refractivity contribution in [2.75, 3.05) is 73.2 Å². The van der Waals surface area contributed by atoms with E-state index in [-0.39, 0.29) is 24.0 Å². The fourth-order valence-electron chi connectivity index (χ4n) is 3.21. The second kappa shape index (κ2) is 12.3. The fraction of sp³-hybridized carbons (Fsp3) is 0.938. The van der Waals surface area contributed by atoms with E-state index >= 15 is 0 Å². The molecule has 2 aliphatic rings. The molecule has 0 aromatic heterocycles. The first kappa shape index (κ1) is 20.9. The molecule has 0 aliphatic carbocycles. The van der Waals surface area contributed by atoms with E-state index in [4.69, 9.17) is 9.47 Å². The maximum absolute atomic E-state index is 5.37. The number of methoxy groups -OCH3 is 1. The number of morpholine rings is 1. The summed E-state index contributed by atoms with van der Waals surface area (Å²) < 4.78 is 10.6. The van der Waals surface area contributed by atoms with Crippen LogP contribution in [0.3, 0.4) is 0 Å². The quantitative estimate of drug-likeness (QED) is 0.280. The SMILES string of the molecule is CN=C(NCCCCN1CCOCC1)N1CCC(COC)C1.I. The normalized spacial score (nSPS) is 23.0. The van der Waals surface area contributed by atoms with Crippen LogP contribution in [-0.2, 0) is 9.47 Å². The smallest absolute Gasteiger partial charge is 0.193 e. The molecule has 0 aromatic carbocycles. The molecule has 0 bridgehead atoms. The van der Waals surface area contributed by atoms with Gasteiger partial charge in [-0.3, -0.25) is 9.89 Å². The van der Waals surface area contributed by atoms with Crippen molar-refractivity contribution in [2.24, 2.45) is 10.9 Å². The Morgan fingerprint density at radius 2 is 2.04 bits per heavy atom. The molecule has 6 nitrogen and oxygen atoms in total. The Kier molecular flexibility index (Phi) is 11.2. The molecule has 136 valence electrons. The first-order valence-electron chi connectivity index (χ1n) is 8.58. The van der Waals surface area contributed by atoms with E-state index < -0.39 is 0 Å². The molecular weight excluding hydrogens is 407 g/mol. The van der Waals surface area contributed by atoms with E-state index in [2.05, 4.69) is 20.1 Å². The average Bonchev–Trinajstić information content (AvgIpc) is 3.01. The van der Waals surface area contributed by atoms with Crippen LogP contribution >= 0.6 is 24.0 Å². The van der Waals surface area contributed by atoms with Crippen LogP contribution in [0.15, 0.2) is 4.99 Å². The molecule has 1 N–H and O–H groups in total. The molecule has 0 radical (unpaired) electrons. The predicted molar refractivity (Wildman–Crippen MR) is 105 cm³/mol. The lowest BCUT2D eigenvalue weighted by Gasteiger charge is -2.26. The van der Waals surface area contributed by atoms with Crippen LogP contribution in [0.5, 0.6) is 0 Å². The molecule has 23 heavy (non-hydrogen) atoms. The Labute approximate surface area is 158 Å². The lowest BCUT2D eigenvalue weighted by atomic mass is 10.1. The van der Waals surface area contributed by atoms with Crippen molar-refractivity contribution in [3.63, 3.8) is 0 Å². The highest BCUT2D eigenvalue weighted by Gasteiger charge is 2.24. The third kappa shape index (κ3) is 7.53. The van der Waals surface area contributed by atoms with E-state index in [1.807, 2.05) is 7.05 Å². The average molecular weight is 440 g/mol. The summed E-state index contributed by atoms with van der Waals surface area (Å²) in [5, 5.41) is 3.50. The Hall–Kier alpha value is -0.120. The maximum Gasteiger partial charge on any atom is 0.193 e. The monoisotopic (exact) mass is 440 g/mol. The second-order valence-corrected chi connectivity index (χ2v) is 6.19. The van der Waals surface area contributed by atoms with Crippen molar-refractivity contribution in [3.05, 3.63) is 0 Å². The van der Waals surface area contributed by atoms with E-state index in [0.29, 0.717) is 5.92 Å². The van der Waals surface area contributed by atoms with Gasteiger partial charge in [0.2, 0.25) is 0 Å². The minimum absolute atomic E-state index is 0. The number of halogens is 1. The Balaban J connectivity index is 0.00000264. The van der Waals surface area contributed by atoms with Crippen molar-refractivity contribution in [3.8, 4) is 0 Å². The molecule has 0 spiro atoms. The third-order valence-electron chi connectivity index (χ3n) is 4.49. The van der Waals surface area contributed by atoms with Gasteiger partial charge in [0.15, 0.2) is 5.96 Å². The number of nitrogens with one attached hydrogen (secondary N) is 1. The van der Waals surface area contributed by atoms with Crippen LogP contribution in [0.4, 0.5) is 0 Å². The first-order chi connectivity index (χ1) is 10.8. The van der Waals surface area contributed by atoms with Crippen molar-refractivity contribution >= 4 is 29.9 Å². The number of likely N-dealkylation sites (tertiary alicyclic amines) is 1. The number of hydrogen-bond donors (Lipinski definition) is 1. The lowest BCUT2D eigenvalue weighted by Crippen LogP contribution is -2.41. The van der Waals surface area contributed by atoms with E-state index in [9.17, 15) is 0 Å². The van der Waals surface area contributed by atoms with Gasteiger partial charge in [-0.25, -0.2) is 0 Å². The van der Waals surface area contributed by atoms with Gasteiger partial charge < -0.3 is 19.7 Å². The standard InChI is InChI=1S/C16H32N4O2.HI/c1-17-16(20-8-5-15(13-20)14-21-2)18-6-3-4-7-19-9-11-22-12-10-19;/h15H,3-14H2,1-2H3,(H,17,18);1H. The number of nitrogens with zero attached hydrogens (tertiary/aromatic N) is 3. The second-order valence-electron chi connectivity index (χ2n) is 6.19. The van der Waals surface area contributed by atoms with E-state index in [1.165, 1.54) is 25.8 Å². The zero-order chi connectivity index (χ0) is 15.6. The summed E-state index contributed by atoms with van der Waals surface area (Å²) in [7, 11) is 3.66. The molecule has 0 saturated carbocycles. The van der Waals surface area contributed by atoms with Gasteiger partial charge >= 0.3 is 0 Å². The molecule has 1 atom stereocenters. The number of unbranched alkanes of at least 4 members (excludes halogenated alkanes) is 1. The summed E-state index contributed by atoms with van der Waals surface area (Å²) >= 11 is 0. The van der Waals surface area contributed by atoms with Crippen LogP contribution < -0.4 is 5.32 Å². The minimum Gasteiger partial charge on any atom is -0.384 e. The van der Waals surface area contributed by atoms with Gasteiger partial charge in [-0.05, 0) is 25.8 Å². The highest BCUT2D eigenvalue weighted by molar-refractivity contribution is 14.0. The maximum atomic E-state index is 5.37. The number of guanidine groups is 1. The number of aliphatic imine (C=N–C) groups is 1. The summed E-state index contributed by atoms with van der Waals surface area (Å²) in [4.78, 5) is 9.26. The van der Waals surface area contributed by atoms with Gasteiger partial charge in [-0.2, -0.15) is 0 Å². The molecule has 2 fully saturated rings. The Morgan fingerprint density at radius 3 is 2.74 bits per heavy atom. The molecule has 7 heteroatoms. The van der Waals surface area contributed by atoms with Crippen molar-refractivity contribution < 1.29 is 9.47 Å². The molecular formula is C16H33IN4O2. The van der Waals surface area contributed by atoms with Crippen LogP contribution in [0, 0.1) is 5.92 Å². The number of rotatable bonds is 7. The topological polar surface area (TPSA) is 49.3 Å². The van der Waals surface area contributed by atoms with Gasteiger partial charge in [0.05, 0.1) is 19.8 Å². The van der Waals surface area contributed by atoms with Crippen LogP contribution in [-0.4, -0.2) is 89.0 Å². The molecule has 2 aliphatic heterocycles. The van der Waals surface area contributed by atoms with Crippen molar-refractivity contribution in [1.29, 1.82) is 0 Å². The van der Waals surface area contributed by atoms with Gasteiger partial charge in [-0.15, -0.1) is 24.0 Å². The molecule has 2 saturated heterocycles. The predicted octanol–water partition coefficient (Wildman–Crippen LogP) is 1.26. The minimum atomic E-state index is 0. The van der Waals surface area contributed by atoms with E-state index in [1.54, 1.807) is 7.11 Å². The largest absolute Gasteiger partial charge is 0.384 e. The third-order valence-corrected chi connectivity index (χ3v) is 4.49. The summed E-state index contributed by atoms with van der Waals surface area (Å²) in [6, 6.07) is 0. The zero-order valence-electron chi connectivity index (χ0n) is 14.6. The lowest BCUT2D eigenvalue weighted by molar-refractivity contribution is 0.0372.